The van der Waals surface area contributed by atoms with Crippen molar-refractivity contribution in [3.05, 3.63) is 77.6 Å². The van der Waals surface area contributed by atoms with Crippen LogP contribution in [0, 0.1) is 18.7 Å². The Morgan fingerprint density at radius 1 is 1.09 bits per heavy atom. The first-order valence-electron chi connectivity index (χ1n) is 15.2. The molecule has 0 radical (unpaired) electrons. The molecule has 4 heterocycles. The van der Waals surface area contributed by atoms with Crippen molar-refractivity contribution < 1.29 is 13.9 Å². The number of ether oxygens (including phenoxy) is 1. The minimum absolute atomic E-state index is 0.0154. The Labute approximate surface area is 250 Å². The quantitative estimate of drug-likeness (QED) is 0.240. The summed E-state index contributed by atoms with van der Waals surface area (Å²) >= 11 is 0. The number of para-hydroxylation sites is 1. The SMILES string of the molecule is COc1nc2ccccc2cc1-c1cnc(C2CN(CC3CCCC3)CCN2C(=O)Cc2c(C)[nH]c3ccc(F)cc23)[nH]1. The highest BCUT2D eigenvalue weighted by Gasteiger charge is 2.35. The van der Waals surface area contributed by atoms with Crippen molar-refractivity contribution in [1.82, 2.24) is 29.7 Å². The number of nitrogens with one attached hydrogen (secondary N) is 2. The Kier molecular flexibility index (Phi) is 7.34. The maximum atomic E-state index is 14.2. The largest absolute Gasteiger partial charge is 0.480 e. The summed E-state index contributed by atoms with van der Waals surface area (Å²) in [4.78, 5) is 34.9. The van der Waals surface area contributed by atoms with Crippen LogP contribution in [0.5, 0.6) is 5.88 Å². The summed E-state index contributed by atoms with van der Waals surface area (Å²) in [7, 11) is 1.62. The fourth-order valence-corrected chi connectivity index (χ4v) is 7.02. The number of H-pyrrole nitrogens is 2. The van der Waals surface area contributed by atoms with Crippen LogP contribution in [0.1, 0.15) is 48.8 Å². The molecule has 1 saturated heterocycles. The number of aromatic nitrogens is 4. The number of hydrogen-bond donors (Lipinski definition) is 2. The minimum Gasteiger partial charge on any atom is -0.480 e. The standard InChI is InChI=1S/C34H37FN6O2/c1-21-25(26-16-24(35)11-12-29(26)37-21)17-32(42)41-14-13-40(19-22-7-3-4-8-22)20-31(41)33-36-18-30(38-33)27-15-23-9-5-6-10-28(23)39-34(27)43-2/h5-6,9-12,15-16,18,22,31,37H,3-4,7-8,13-14,17,19-20H2,1-2H3,(H,36,38). The molecular weight excluding hydrogens is 543 g/mol. The van der Waals surface area contributed by atoms with Gasteiger partial charge >= 0.3 is 0 Å². The Morgan fingerprint density at radius 2 is 1.93 bits per heavy atom. The number of amides is 1. The lowest BCUT2D eigenvalue weighted by Crippen LogP contribution is -2.52. The number of hydrogen-bond acceptors (Lipinski definition) is 5. The number of aromatic amines is 2. The number of carbonyl (C=O) groups is 1. The summed E-state index contributed by atoms with van der Waals surface area (Å²) in [5.74, 6) is 1.69. The van der Waals surface area contributed by atoms with Gasteiger partial charge in [0.05, 0.1) is 36.5 Å². The molecule has 2 aromatic carbocycles. The molecule has 9 heteroatoms. The number of nitrogens with zero attached hydrogens (tertiary/aromatic N) is 4. The molecule has 1 amide bonds. The number of fused-ring (bicyclic) bond motifs is 2. The fraction of sp³-hybridized carbons (Fsp3) is 0.382. The second-order valence-corrected chi connectivity index (χ2v) is 12.0. The van der Waals surface area contributed by atoms with E-state index in [-0.39, 0.29) is 24.2 Å². The lowest BCUT2D eigenvalue weighted by molar-refractivity contribution is -0.136. The molecule has 7 rings (SSSR count). The molecule has 0 bridgehead atoms. The first-order chi connectivity index (χ1) is 21.0. The Hall–Kier alpha value is -4.24. The second-order valence-electron chi connectivity index (χ2n) is 12.0. The predicted octanol–water partition coefficient (Wildman–Crippen LogP) is 6.18. The van der Waals surface area contributed by atoms with E-state index in [1.807, 2.05) is 42.3 Å². The Balaban J connectivity index is 1.21. The number of rotatable bonds is 7. The van der Waals surface area contributed by atoms with Crippen molar-refractivity contribution in [2.24, 2.45) is 5.92 Å². The van der Waals surface area contributed by atoms with Crippen molar-refractivity contribution in [3.63, 3.8) is 0 Å². The molecule has 0 spiro atoms. The summed E-state index contributed by atoms with van der Waals surface area (Å²) in [6, 6.07) is 14.5. The summed E-state index contributed by atoms with van der Waals surface area (Å²) in [6.45, 7) is 5.15. The van der Waals surface area contributed by atoms with Crippen LogP contribution in [0.2, 0.25) is 0 Å². The number of pyridine rings is 1. The van der Waals surface area contributed by atoms with Gasteiger partial charge in [0.1, 0.15) is 17.7 Å². The van der Waals surface area contributed by atoms with Gasteiger partial charge in [-0.05, 0) is 61.6 Å². The molecule has 2 aliphatic rings. The first-order valence-corrected chi connectivity index (χ1v) is 15.2. The van der Waals surface area contributed by atoms with E-state index in [0.29, 0.717) is 24.9 Å². The van der Waals surface area contributed by atoms with E-state index in [0.717, 1.165) is 63.2 Å². The Bertz CT molecular complexity index is 1790. The van der Waals surface area contributed by atoms with E-state index in [4.69, 9.17) is 14.7 Å². The molecule has 5 aromatic rings. The number of carbonyl (C=O) groups excluding carboxylic acids is 1. The van der Waals surface area contributed by atoms with Gasteiger partial charge in [0, 0.05) is 48.2 Å². The van der Waals surface area contributed by atoms with Crippen molar-refractivity contribution >= 4 is 27.7 Å². The van der Waals surface area contributed by atoms with Crippen molar-refractivity contribution in [1.29, 1.82) is 0 Å². The number of piperazine rings is 1. The van der Waals surface area contributed by atoms with Crippen LogP contribution in [0.4, 0.5) is 4.39 Å². The molecule has 1 aliphatic carbocycles. The summed E-state index contributed by atoms with van der Waals surface area (Å²) < 4.78 is 19.8. The van der Waals surface area contributed by atoms with Crippen LogP contribution >= 0.6 is 0 Å². The normalized spacial score (nSPS) is 18.2. The number of imidazole rings is 1. The lowest BCUT2D eigenvalue weighted by Gasteiger charge is -2.41. The van der Waals surface area contributed by atoms with E-state index in [1.165, 1.54) is 37.8 Å². The molecule has 222 valence electrons. The zero-order chi connectivity index (χ0) is 29.5. The molecule has 1 atom stereocenters. The van der Waals surface area contributed by atoms with Crippen LogP contribution < -0.4 is 4.74 Å². The minimum atomic E-state index is -0.305. The van der Waals surface area contributed by atoms with Crippen molar-refractivity contribution in [3.8, 4) is 17.1 Å². The molecule has 1 saturated carbocycles. The van der Waals surface area contributed by atoms with Gasteiger partial charge in [-0.1, -0.05) is 31.0 Å². The first kappa shape index (κ1) is 27.6. The van der Waals surface area contributed by atoms with Crippen LogP contribution in [-0.2, 0) is 11.2 Å². The number of aryl methyl sites for hydroxylation is 1. The molecule has 2 fully saturated rings. The number of methoxy groups -OCH3 is 1. The third-order valence-electron chi connectivity index (χ3n) is 9.27. The fourth-order valence-electron chi connectivity index (χ4n) is 7.02. The highest BCUT2D eigenvalue weighted by Crippen LogP contribution is 2.34. The molecule has 8 nitrogen and oxygen atoms in total. The molecule has 1 unspecified atom stereocenters. The van der Waals surface area contributed by atoms with Gasteiger partial charge in [-0.2, -0.15) is 0 Å². The average Bonchev–Trinajstić information content (AvgIpc) is 3.78. The maximum Gasteiger partial charge on any atom is 0.227 e. The summed E-state index contributed by atoms with van der Waals surface area (Å²) in [5, 5.41) is 1.77. The highest BCUT2D eigenvalue weighted by molar-refractivity contribution is 5.90. The van der Waals surface area contributed by atoms with Crippen molar-refractivity contribution in [2.75, 3.05) is 33.3 Å². The molecule has 1 aliphatic heterocycles. The van der Waals surface area contributed by atoms with Gasteiger partial charge in [-0.15, -0.1) is 0 Å². The highest BCUT2D eigenvalue weighted by atomic mass is 19.1. The zero-order valence-corrected chi connectivity index (χ0v) is 24.7. The van der Waals surface area contributed by atoms with Crippen LogP contribution in [0.25, 0.3) is 33.1 Å². The topological polar surface area (TPSA) is 90.1 Å². The maximum absolute atomic E-state index is 14.2. The van der Waals surface area contributed by atoms with Crippen LogP contribution in [0.15, 0.2) is 54.7 Å². The molecular formula is C34H37FN6O2. The van der Waals surface area contributed by atoms with Gasteiger partial charge in [-0.3, -0.25) is 9.69 Å². The smallest absolute Gasteiger partial charge is 0.227 e. The molecule has 2 N–H and O–H groups in total. The van der Waals surface area contributed by atoms with Gasteiger partial charge in [0.2, 0.25) is 11.8 Å². The van der Waals surface area contributed by atoms with Gasteiger partial charge in [0.25, 0.3) is 0 Å². The molecule has 43 heavy (non-hydrogen) atoms. The average molecular weight is 581 g/mol. The monoisotopic (exact) mass is 580 g/mol. The van der Waals surface area contributed by atoms with Gasteiger partial charge in [0.15, 0.2) is 0 Å². The van der Waals surface area contributed by atoms with Crippen LogP contribution in [0.3, 0.4) is 0 Å². The van der Waals surface area contributed by atoms with E-state index >= 15 is 0 Å². The zero-order valence-electron chi connectivity index (χ0n) is 24.7. The third-order valence-corrected chi connectivity index (χ3v) is 9.27. The van der Waals surface area contributed by atoms with E-state index in [1.54, 1.807) is 13.2 Å². The number of benzene rings is 2. The van der Waals surface area contributed by atoms with Gasteiger partial charge in [-0.25, -0.2) is 14.4 Å². The summed E-state index contributed by atoms with van der Waals surface area (Å²) in [5.41, 5.74) is 5.07. The third kappa shape index (κ3) is 5.38. The predicted molar refractivity (Wildman–Crippen MR) is 165 cm³/mol. The summed E-state index contributed by atoms with van der Waals surface area (Å²) in [6.07, 6.45) is 7.18. The van der Waals surface area contributed by atoms with E-state index in [2.05, 4.69) is 20.9 Å². The van der Waals surface area contributed by atoms with Crippen molar-refractivity contribution in [2.45, 2.75) is 45.1 Å². The van der Waals surface area contributed by atoms with E-state index < -0.39 is 0 Å². The number of halogens is 1. The molecule has 3 aromatic heterocycles. The van der Waals surface area contributed by atoms with Gasteiger partial charge < -0.3 is 19.6 Å². The van der Waals surface area contributed by atoms with Crippen LogP contribution in [-0.4, -0.2) is 68.9 Å². The Morgan fingerprint density at radius 3 is 2.77 bits per heavy atom. The second kappa shape index (κ2) is 11.4. The van der Waals surface area contributed by atoms with E-state index in [9.17, 15) is 9.18 Å². The lowest BCUT2D eigenvalue weighted by atomic mass is 10.0.